The van der Waals surface area contributed by atoms with E-state index < -0.39 is 40.8 Å². The minimum absolute atomic E-state index is 0.0923. The summed E-state index contributed by atoms with van der Waals surface area (Å²) in [5.41, 5.74) is 4.94. The molecule has 13 heteroatoms. The van der Waals surface area contributed by atoms with Crippen LogP contribution in [0, 0.1) is 0 Å². The fourth-order valence-electron chi connectivity index (χ4n) is 7.41. The second-order valence-electron chi connectivity index (χ2n) is 13.7. The van der Waals surface area contributed by atoms with E-state index >= 15 is 0 Å². The highest BCUT2D eigenvalue weighted by Crippen LogP contribution is 2.43. The van der Waals surface area contributed by atoms with Crippen LogP contribution in [0.25, 0.3) is 0 Å². The van der Waals surface area contributed by atoms with Gasteiger partial charge in [-0.2, -0.15) is 0 Å². The number of nitrogens with zero attached hydrogens (tertiary/aromatic N) is 3. The van der Waals surface area contributed by atoms with Crippen LogP contribution in [0.1, 0.15) is 39.6 Å². The van der Waals surface area contributed by atoms with E-state index in [0.29, 0.717) is 15.3 Å². The molecule has 1 saturated heterocycles. The molecule has 0 radical (unpaired) electrons. The monoisotopic (exact) mass is 931 g/mol. The molecule has 1 fully saturated rings. The number of thioether (sulfide) groups is 1. The van der Waals surface area contributed by atoms with Crippen LogP contribution >= 0.6 is 45.7 Å². The minimum Gasteiger partial charge on any atom is -0.448 e. The van der Waals surface area contributed by atoms with Crippen LogP contribution in [0.2, 0.25) is 0 Å². The van der Waals surface area contributed by atoms with Crippen molar-refractivity contribution in [3.63, 3.8) is 0 Å². The van der Waals surface area contributed by atoms with Crippen molar-refractivity contribution in [2.45, 2.75) is 23.1 Å². The van der Waals surface area contributed by atoms with Gasteiger partial charge in [-0.3, -0.25) is 14.5 Å². The molecule has 1 aromatic heterocycles. The number of benzene rings is 5. The number of β-lactam (4-membered cyclic amide) rings is 1. The number of thiazole rings is 1. The molecular weight excluding hydrogens is 894 g/mol. The number of oxime groups is 1. The summed E-state index contributed by atoms with van der Waals surface area (Å²) in [5, 5.41) is 12.4. The van der Waals surface area contributed by atoms with Crippen LogP contribution in [-0.2, 0) is 29.5 Å². The van der Waals surface area contributed by atoms with Gasteiger partial charge >= 0.3 is 5.97 Å². The van der Waals surface area contributed by atoms with E-state index in [1.807, 2.05) is 115 Å². The minimum atomic E-state index is -0.926. The molecular formula is C46H38IN5O5S2. The van der Waals surface area contributed by atoms with Crippen LogP contribution in [0.4, 0.5) is 5.13 Å². The highest BCUT2D eigenvalue weighted by Gasteiger charge is 2.55. The number of carbonyl (C=O) groups excluding carboxylic acids is 3. The quantitative estimate of drug-likeness (QED) is 0.0213. The summed E-state index contributed by atoms with van der Waals surface area (Å²) in [6.45, 7) is 0. The Hall–Kier alpha value is -5.77. The van der Waals surface area contributed by atoms with Crippen molar-refractivity contribution >= 4 is 74.3 Å². The summed E-state index contributed by atoms with van der Waals surface area (Å²) in [5.74, 6) is -1.17. The number of aromatic nitrogens is 1. The number of alkyl halides is 1. The predicted octanol–water partition coefficient (Wildman–Crippen LogP) is 8.32. The van der Waals surface area contributed by atoms with E-state index in [1.165, 1.54) is 35.1 Å². The first-order valence-corrected chi connectivity index (χ1v) is 22.2. The van der Waals surface area contributed by atoms with Crippen molar-refractivity contribution in [1.82, 2.24) is 15.2 Å². The van der Waals surface area contributed by atoms with Crippen LogP contribution in [0.3, 0.4) is 0 Å². The van der Waals surface area contributed by atoms with Gasteiger partial charge in [0.25, 0.3) is 11.8 Å². The lowest BCUT2D eigenvalue weighted by atomic mass is 9.77. The summed E-state index contributed by atoms with van der Waals surface area (Å²) in [4.78, 5) is 53.6. The maximum atomic E-state index is 14.1. The van der Waals surface area contributed by atoms with Gasteiger partial charge in [-0.25, -0.2) is 9.78 Å². The third-order valence-corrected chi connectivity index (χ3v) is 13.2. The number of rotatable bonds is 14. The zero-order valence-corrected chi connectivity index (χ0v) is 35.5. The molecule has 0 unspecified atom stereocenters. The molecule has 6 aromatic rings. The smallest absolute Gasteiger partial charge is 0.356 e. The van der Waals surface area contributed by atoms with E-state index in [-0.39, 0.29) is 17.1 Å². The molecule has 0 saturated carbocycles. The topological polar surface area (TPSA) is 122 Å². The lowest BCUT2D eigenvalue weighted by Gasteiger charge is -2.49. The van der Waals surface area contributed by atoms with Gasteiger partial charge < -0.3 is 20.2 Å². The van der Waals surface area contributed by atoms with E-state index in [1.54, 1.807) is 5.38 Å². The van der Waals surface area contributed by atoms with Crippen LogP contribution in [0.15, 0.2) is 173 Å². The summed E-state index contributed by atoms with van der Waals surface area (Å²) in [7, 11) is 1.35. The first-order chi connectivity index (χ1) is 28.9. The Bertz CT molecular complexity index is 2350. The van der Waals surface area contributed by atoms with Crippen molar-refractivity contribution in [3.8, 4) is 0 Å². The molecule has 2 aliphatic heterocycles. The summed E-state index contributed by atoms with van der Waals surface area (Å²) in [6, 6.07) is 48.5. The second-order valence-corrected chi connectivity index (χ2v) is 16.4. The number of halogens is 1. The number of hydrogen-bond donors (Lipinski definition) is 2. The normalized spacial score (nSPS) is 16.6. The van der Waals surface area contributed by atoms with Gasteiger partial charge in [0.05, 0.1) is 0 Å². The van der Waals surface area contributed by atoms with Crippen molar-refractivity contribution < 1.29 is 24.0 Å². The van der Waals surface area contributed by atoms with Gasteiger partial charge in [-0.1, -0.05) is 179 Å². The van der Waals surface area contributed by atoms with E-state index in [2.05, 4.69) is 74.8 Å². The zero-order chi connectivity index (χ0) is 40.8. The Kier molecular flexibility index (Phi) is 12.2. The fraction of sp³-hybridized carbons (Fsp3) is 0.152. The summed E-state index contributed by atoms with van der Waals surface area (Å²) < 4.78 is 6.74. The molecule has 8 rings (SSSR count). The number of amides is 2. The summed E-state index contributed by atoms with van der Waals surface area (Å²) >= 11 is 5.01. The Morgan fingerprint density at radius 3 is 1.83 bits per heavy atom. The van der Waals surface area contributed by atoms with Crippen LogP contribution < -0.4 is 10.6 Å². The van der Waals surface area contributed by atoms with Crippen molar-refractivity contribution in [1.29, 1.82) is 0 Å². The molecule has 0 spiro atoms. The van der Waals surface area contributed by atoms with E-state index in [9.17, 15) is 14.4 Å². The largest absolute Gasteiger partial charge is 0.448 e. The van der Waals surface area contributed by atoms with Gasteiger partial charge in [0, 0.05) is 15.6 Å². The number of ether oxygens (including phenoxy) is 1. The SMILES string of the molecule is CO/N=C(\C(=O)N[C@@H]1C(=O)N2C(C(=O)OC(c3ccccc3)c3ccccc3)=C(CI)CS[C@H]12)c1csc(NC(c2ccccc2)(c2ccccc2)c2ccccc2)n1. The Labute approximate surface area is 363 Å². The zero-order valence-electron chi connectivity index (χ0n) is 31.7. The van der Waals surface area contributed by atoms with Gasteiger partial charge in [0.15, 0.2) is 16.9 Å². The average molecular weight is 932 g/mol. The first kappa shape index (κ1) is 40.0. The lowest BCUT2D eigenvalue weighted by Crippen LogP contribution is -2.71. The molecule has 296 valence electrons. The highest BCUT2D eigenvalue weighted by atomic mass is 127. The third-order valence-electron chi connectivity index (χ3n) is 10.2. The predicted molar refractivity (Wildman–Crippen MR) is 240 cm³/mol. The fourth-order valence-corrected chi connectivity index (χ4v) is 10.5. The molecule has 10 nitrogen and oxygen atoms in total. The van der Waals surface area contributed by atoms with Crippen LogP contribution in [0.5, 0.6) is 0 Å². The average Bonchev–Trinajstić information content (AvgIpc) is 3.76. The van der Waals surface area contributed by atoms with E-state index in [4.69, 9.17) is 14.6 Å². The molecule has 59 heavy (non-hydrogen) atoms. The second kappa shape index (κ2) is 18.0. The molecule has 2 N–H and O–H groups in total. The van der Waals surface area contributed by atoms with Crippen molar-refractivity contribution in [3.05, 3.63) is 202 Å². The molecule has 3 heterocycles. The molecule has 2 atom stereocenters. The Balaban J connectivity index is 1.03. The maximum Gasteiger partial charge on any atom is 0.356 e. The molecule has 0 bridgehead atoms. The third kappa shape index (κ3) is 8.01. The molecule has 0 aliphatic carbocycles. The Morgan fingerprint density at radius 2 is 1.34 bits per heavy atom. The number of hydrogen-bond acceptors (Lipinski definition) is 10. The lowest BCUT2D eigenvalue weighted by molar-refractivity contribution is -0.154. The number of fused-ring (bicyclic) bond motifs is 1. The van der Waals surface area contributed by atoms with Crippen molar-refractivity contribution in [2.75, 3.05) is 22.6 Å². The van der Waals surface area contributed by atoms with Gasteiger partial charge in [0.1, 0.15) is 35.5 Å². The first-order valence-electron chi connectivity index (χ1n) is 18.8. The molecule has 2 amide bonds. The number of esters is 1. The Morgan fingerprint density at radius 1 is 0.831 bits per heavy atom. The highest BCUT2D eigenvalue weighted by molar-refractivity contribution is 14.1. The molecule has 2 aliphatic rings. The summed E-state index contributed by atoms with van der Waals surface area (Å²) in [6.07, 6.45) is -0.684. The van der Waals surface area contributed by atoms with Gasteiger partial charge in [-0.05, 0) is 33.4 Å². The number of anilines is 1. The maximum absolute atomic E-state index is 14.1. The van der Waals surface area contributed by atoms with Crippen molar-refractivity contribution in [2.24, 2.45) is 5.16 Å². The van der Waals surface area contributed by atoms with Crippen LogP contribution in [-0.4, -0.2) is 62.1 Å². The number of carbonyl (C=O) groups is 3. The standard InChI is InChI=1S/C46H38IN5O5S2/c1-56-51-37(36-29-59-45(48-36)50-46(33-21-11-4-12-22-33,34-23-13-5-14-24-34)35-25-15-6-16-26-35)41(53)49-38-42(54)52-39(32(27-47)28-58-43(38)52)44(55)57-40(30-17-7-2-8-18-30)31-19-9-3-10-20-31/h2-26,29,38,40,43H,27-28H2,1H3,(H,48,50)(H,49,53)/b51-37-/t38-,43-/m1/s1. The number of nitrogens with one attached hydrogen (secondary N) is 2. The molecule has 5 aromatic carbocycles. The van der Waals surface area contributed by atoms with Gasteiger partial charge in [-0.15, -0.1) is 23.1 Å². The van der Waals surface area contributed by atoms with E-state index in [0.717, 1.165) is 33.4 Å². The van der Waals surface area contributed by atoms with Gasteiger partial charge in [0.2, 0.25) is 0 Å².